The molecule has 11 nitrogen and oxygen atoms in total. The number of esters is 1. The zero-order valence-corrected chi connectivity index (χ0v) is 12.4. The van der Waals surface area contributed by atoms with Gasteiger partial charge in [-0.15, -0.1) is 0 Å². The van der Waals surface area contributed by atoms with Crippen LogP contribution in [0.1, 0.15) is 0 Å². The number of rotatable bonds is 8. The first kappa shape index (κ1) is 19.7. The molecule has 6 atom stereocenters. The fourth-order valence-electron chi connectivity index (χ4n) is 1.95. The molecule has 11 heteroatoms. The minimum atomic E-state index is -1.54. The number of nitrogens with one attached hydrogen (secondary N) is 1. The SMILES string of the molecule is COC(=O)[C@@H](CO)NC(=O)CO[C@H]1O[C@H]([C@H](O)CO)[C@H](O)[C@@H]1O. The van der Waals surface area contributed by atoms with Gasteiger partial charge in [0, 0.05) is 0 Å². The summed E-state index contributed by atoms with van der Waals surface area (Å²) >= 11 is 0. The molecule has 1 fully saturated rings. The Morgan fingerprint density at radius 3 is 2.39 bits per heavy atom. The van der Waals surface area contributed by atoms with Crippen LogP contribution in [0.5, 0.6) is 0 Å². The Balaban J connectivity index is 2.48. The van der Waals surface area contributed by atoms with Crippen LogP contribution in [0.2, 0.25) is 0 Å². The molecule has 134 valence electrons. The molecular formula is C12H21NO10. The van der Waals surface area contributed by atoms with Crippen molar-refractivity contribution in [3.05, 3.63) is 0 Å². The van der Waals surface area contributed by atoms with Crippen molar-refractivity contribution in [1.82, 2.24) is 5.32 Å². The van der Waals surface area contributed by atoms with Crippen LogP contribution in [0.15, 0.2) is 0 Å². The van der Waals surface area contributed by atoms with E-state index in [-0.39, 0.29) is 0 Å². The van der Waals surface area contributed by atoms with Crippen molar-refractivity contribution in [3.8, 4) is 0 Å². The Bertz CT molecular complexity index is 405. The summed E-state index contributed by atoms with van der Waals surface area (Å²) in [6, 6.07) is -1.26. The van der Waals surface area contributed by atoms with E-state index in [4.69, 9.17) is 19.7 Å². The van der Waals surface area contributed by atoms with Crippen molar-refractivity contribution in [2.75, 3.05) is 26.9 Å². The molecule has 1 saturated heterocycles. The number of hydrogen-bond acceptors (Lipinski definition) is 10. The Labute approximate surface area is 131 Å². The van der Waals surface area contributed by atoms with Crippen LogP contribution in [-0.2, 0) is 23.8 Å². The maximum atomic E-state index is 11.6. The average Bonchev–Trinajstić information content (AvgIpc) is 2.84. The van der Waals surface area contributed by atoms with Crippen LogP contribution >= 0.6 is 0 Å². The van der Waals surface area contributed by atoms with E-state index in [1.54, 1.807) is 0 Å². The predicted octanol–water partition coefficient (Wildman–Crippen LogP) is -4.55. The van der Waals surface area contributed by atoms with Gasteiger partial charge in [-0.3, -0.25) is 4.79 Å². The fourth-order valence-corrected chi connectivity index (χ4v) is 1.95. The molecule has 0 aromatic heterocycles. The van der Waals surface area contributed by atoms with Crippen LogP contribution in [0.3, 0.4) is 0 Å². The molecule has 0 aromatic rings. The molecule has 0 unspecified atom stereocenters. The van der Waals surface area contributed by atoms with Crippen molar-refractivity contribution in [1.29, 1.82) is 0 Å². The average molecular weight is 339 g/mol. The van der Waals surface area contributed by atoms with E-state index in [1.165, 1.54) is 0 Å². The number of hydrogen-bond donors (Lipinski definition) is 6. The first-order chi connectivity index (χ1) is 10.8. The van der Waals surface area contributed by atoms with Crippen molar-refractivity contribution in [2.45, 2.75) is 36.7 Å². The Kier molecular flexibility index (Phi) is 7.78. The molecule has 0 aliphatic carbocycles. The molecule has 23 heavy (non-hydrogen) atoms. The monoisotopic (exact) mass is 339 g/mol. The second-order valence-corrected chi connectivity index (χ2v) is 4.84. The van der Waals surface area contributed by atoms with Gasteiger partial charge < -0.3 is 45.1 Å². The van der Waals surface area contributed by atoms with Crippen molar-refractivity contribution < 1.29 is 49.3 Å². The number of amides is 1. The van der Waals surface area contributed by atoms with Crippen molar-refractivity contribution in [3.63, 3.8) is 0 Å². The minimum absolute atomic E-state index is 0.649. The second kappa shape index (κ2) is 9.08. The van der Waals surface area contributed by atoms with Crippen LogP contribution in [0.4, 0.5) is 0 Å². The maximum absolute atomic E-state index is 11.6. The molecule has 0 radical (unpaired) electrons. The largest absolute Gasteiger partial charge is 0.467 e. The summed E-state index contributed by atoms with van der Waals surface area (Å²) in [5.41, 5.74) is 0. The van der Waals surface area contributed by atoms with Gasteiger partial charge in [0.25, 0.3) is 0 Å². The summed E-state index contributed by atoms with van der Waals surface area (Å²) < 4.78 is 14.4. The van der Waals surface area contributed by atoms with Gasteiger partial charge in [0.05, 0.1) is 20.3 Å². The maximum Gasteiger partial charge on any atom is 0.330 e. The van der Waals surface area contributed by atoms with Gasteiger partial charge in [0.15, 0.2) is 12.3 Å². The van der Waals surface area contributed by atoms with Gasteiger partial charge in [0.2, 0.25) is 5.91 Å². The third-order valence-electron chi connectivity index (χ3n) is 3.21. The van der Waals surface area contributed by atoms with Gasteiger partial charge in [-0.2, -0.15) is 0 Å². The highest BCUT2D eigenvalue weighted by Gasteiger charge is 2.46. The summed E-state index contributed by atoms with van der Waals surface area (Å²) in [4.78, 5) is 22.8. The number of aliphatic hydroxyl groups is 5. The molecular weight excluding hydrogens is 318 g/mol. The van der Waals surface area contributed by atoms with Gasteiger partial charge >= 0.3 is 5.97 Å². The summed E-state index contributed by atoms with van der Waals surface area (Å²) in [5.74, 6) is -1.65. The summed E-state index contributed by atoms with van der Waals surface area (Å²) in [5, 5.41) is 48.7. The van der Waals surface area contributed by atoms with Crippen molar-refractivity contribution >= 4 is 11.9 Å². The fraction of sp³-hybridized carbons (Fsp3) is 0.833. The molecule has 0 aromatic carbocycles. The van der Waals surface area contributed by atoms with E-state index in [1.807, 2.05) is 0 Å². The Morgan fingerprint density at radius 2 is 1.87 bits per heavy atom. The molecule has 6 N–H and O–H groups in total. The van der Waals surface area contributed by atoms with Gasteiger partial charge in [-0.25, -0.2) is 4.79 Å². The lowest BCUT2D eigenvalue weighted by Gasteiger charge is -2.18. The predicted molar refractivity (Wildman–Crippen MR) is 70.8 cm³/mol. The molecule has 0 bridgehead atoms. The first-order valence-electron chi connectivity index (χ1n) is 6.75. The molecule has 1 aliphatic rings. The first-order valence-corrected chi connectivity index (χ1v) is 6.75. The minimum Gasteiger partial charge on any atom is -0.467 e. The standard InChI is InChI=1S/C12H21NO10/c1-21-11(20)5(2-14)13-7(17)4-22-12-9(19)8(18)10(23-12)6(16)3-15/h5-6,8-10,12,14-16,18-19H,2-4H2,1H3,(H,13,17)/t5-,6-,8-,9+,10-,12+/m1/s1. The summed E-state index contributed by atoms with van der Waals surface area (Å²) in [6.07, 6.45) is -7.16. The Morgan fingerprint density at radius 1 is 1.22 bits per heavy atom. The highest BCUT2D eigenvalue weighted by Crippen LogP contribution is 2.24. The topological polar surface area (TPSA) is 175 Å². The molecule has 0 spiro atoms. The smallest absolute Gasteiger partial charge is 0.330 e. The molecule has 1 amide bonds. The zero-order chi connectivity index (χ0) is 17.6. The van der Waals surface area contributed by atoms with E-state index in [0.717, 1.165) is 7.11 Å². The van der Waals surface area contributed by atoms with Crippen LogP contribution < -0.4 is 5.32 Å². The summed E-state index contributed by atoms with van der Waals surface area (Å²) in [6.45, 7) is -2.02. The lowest BCUT2D eigenvalue weighted by molar-refractivity contribution is -0.184. The molecule has 1 heterocycles. The number of carbonyl (C=O) groups is 2. The molecule has 1 rings (SSSR count). The third kappa shape index (κ3) is 5.07. The van der Waals surface area contributed by atoms with Crippen LogP contribution in [0, 0.1) is 0 Å². The highest BCUT2D eigenvalue weighted by molar-refractivity contribution is 5.85. The van der Waals surface area contributed by atoms with Crippen LogP contribution in [0.25, 0.3) is 0 Å². The normalized spacial score (nSPS) is 29.8. The van der Waals surface area contributed by atoms with E-state index >= 15 is 0 Å². The molecule has 1 aliphatic heterocycles. The van der Waals surface area contributed by atoms with Crippen LogP contribution in [-0.4, -0.2) is 101 Å². The van der Waals surface area contributed by atoms with Crippen molar-refractivity contribution in [2.24, 2.45) is 0 Å². The lowest BCUT2D eigenvalue weighted by atomic mass is 10.1. The van der Waals surface area contributed by atoms with Gasteiger partial charge in [0.1, 0.15) is 31.0 Å². The van der Waals surface area contributed by atoms with E-state index < -0.39 is 68.4 Å². The quantitative estimate of drug-likeness (QED) is 0.236. The van der Waals surface area contributed by atoms with E-state index in [0.29, 0.717) is 0 Å². The van der Waals surface area contributed by atoms with Gasteiger partial charge in [-0.05, 0) is 0 Å². The lowest BCUT2D eigenvalue weighted by Crippen LogP contribution is -2.46. The van der Waals surface area contributed by atoms with E-state index in [9.17, 15) is 24.9 Å². The number of methoxy groups -OCH3 is 1. The Hall–Kier alpha value is -1.34. The highest BCUT2D eigenvalue weighted by atomic mass is 16.7. The second-order valence-electron chi connectivity index (χ2n) is 4.84. The number of carbonyl (C=O) groups excluding carboxylic acids is 2. The van der Waals surface area contributed by atoms with Gasteiger partial charge in [-0.1, -0.05) is 0 Å². The zero-order valence-electron chi connectivity index (χ0n) is 12.4. The molecule has 0 saturated carbocycles. The summed E-state index contributed by atoms with van der Waals surface area (Å²) in [7, 11) is 1.09. The van der Waals surface area contributed by atoms with E-state index in [2.05, 4.69) is 10.1 Å². The number of aliphatic hydroxyl groups excluding tert-OH is 5. The number of ether oxygens (including phenoxy) is 3. The third-order valence-corrected chi connectivity index (χ3v) is 3.21.